The van der Waals surface area contributed by atoms with Gasteiger partial charge in [0.05, 0.1) is 0 Å². The molecule has 0 saturated heterocycles. The molecule has 1 aliphatic heterocycles. The summed E-state index contributed by atoms with van der Waals surface area (Å²) < 4.78 is 5.81. The van der Waals surface area contributed by atoms with Gasteiger partial charge in [0.2, 0.25) is 0 Å². The Morgan fingerprint density at radius 2 is 1.52 bits per heavy atom. The zero-order valence-corrected chi connectivity index (χ0v) is 16.2. The molecule has 140 valence electrons. The second-order valence-electron chi connectivity index (χ2n) is 7.20. The maximum Gasteiger partial charge on any atom is 0.0466 e. The molecule has 0 unspecified atom stereocenters. The SMILES string of the molecule is CCCCCCCCCCOCCCCN1CC=Cc2ccccc21. The van der Waals surface area contributed by atoms with Crippen molar-refractivity contribution in [3.05, 3.63) is 35.9 Å². The van der Waals surface area contributed by atoms with Gasteiger partial charge in [0.15, 0.2) is 0 Å². The van der Waals surface area contributed by atoms with E-state index in [0.717, 1.165) is 26.3 Å². The van der Waals surface area contributed by atoms with Crippen molar-refractivity contribution < 1.29 is 4.74 Å². The topological polar surface area (TPSA) is 12.5 Å². The van der Waals surface area contributed by atoms with E-state index in [1.165, 1.54) is 75.5 Å². The monoisotopic (exact) mass is 343 g/mol. The Morgan fingerprint density at radius 3 is 2.32 bits per heavy atom. The number of unbranched alkanes of at least 4 members (excludes halogenated alkanes) is 8. The number of fused-ring (bicyclic) bond motifs is 1. The molecule has 1 aromatic rings. The zero-order chi connectivity index (χ0) is 17.6. The van der Waals surface area contributed by atoms with Crippen LogP contribution in [0, 0.1) is 0 Å². The lowest BCUT2D eigenvalue weighted by molar-refractivity contribution is 0.126. The Labute approximate surface area is 155 Å². The van der Waals surface area contributed by atoms with Gasteiger partial charge in [-0.05, 0) is 30.9 Å². The summed E-state index contributed by atoms with van der Waals surface area (Å²) in [6.07, 6.45) is 17.8. The highest BCUT2D eigenvalue weighted by molar-refractivity contribution is 5.71. The minimum atomic E-state index is 0.918. The predicted molar refractivity (Wildman–Crippen MR) is 110 cm³/mol. The molecule has 0 N–H and O–H groups in total. The molecule has 0 bridgehead atoms. The van der Waals surface area contributed by atoms with E-state index in [-0.39, 0.29) is 0 Å². The van der Waals surface area contributed by atoms with Crippen LogP contribution >= 0.6 is 0 Å². The highest BCUT2D eigenvalue weighted by Gasteiger charge is 2.11. The van der Waals surface area contributed by atoms with Gasteiger partial charge in [-0.15, -0.1) is 0 Å². The number of hydrogen-bond acceptors (Lipinski definition) is 2. The quantitative estimate of drug-likeness (QED) is 0.360. The van der Waals surface area contributed by atoms with Crippen molar-refractivity contribution in [1.82, 2.24) is 0 Å². The average Bonchev–Trinajstić information content (AvgIpc) is 2.65. The van der Waals surface area contributed by atoms with E-state index in [0.29, 0.717) is 0 Å². The van der Waals surface area contributed by atoms with Gasteiger partial charge in [-0.1, -0.05) is 82.2 Å². The highest BCUT2D eigenvalue weighted by Crippen LogP contribution is 2.25. The summed E-state index contributed by atoms with van der Waals surface area (Å²) in [5.41, 5.74) is 2.73. The molecule has 0 spiro atoms. The van der Waals surface area contributed by atoms with Crippen molar-refractivity contribution in [2.24, 2.45) is 0 Å². The van der Waals surface area contributed by atoms with Gasteiger partial charge in [-0.3, -0.25) is 0 Å². The summed E-state index contributed by atoms with van der Waals surface area (Å²) in [7, 11) is 0. The van der Waals surface area contributed by atoms with E-state index >= 15 is 0 Å². The van der Waals surface area contributed by atoms with Gasteiger partial charge >= 0.3 is 0 Å². The maximum absolute atomic E-state index is 5.81. The molecule has 2 rings (SSSR count). The van der Waals surface area contributed by atoms with Crippen molar-refractivity contribution in [2.75, 3.05) is 31.2 Å². The lowest BCUT2D eigenvalue weighted by atomic mass is 10.1. The zero-order valence-electron chi connectivity index (χ0n) is 16.2. The number of nitrogens with zero attached hydrogens (tertiary/aromatic N) is 1. The molecule has 0 fully saturated rings. The molecule has 0 radical (unpaired) electrons. The number of hydrogen-bond donors (Lipinski definition) is 0. The number of anilines is 1. The Bertz CT molecular complexity index is 483. The third-order valence-electron chi connectivity index (χ3n) is 5.01. The minimum Gasteiger partial charge on any atom is -0.381 e. The third-order valence-corrected chi connectivity index (χ3v) is 5.01. The fraction of sp³-hybridized carbons (Fsp3) is 0.652. The van der Waals surface area contributed by atoms with E-state index < -0.39 is 0 Å². The third kappa shape index (κ3) is 8.09. The summed E-state index contributed by atoms with van der Waals surface area (Å²) in [5, 5.41) is 0. The normalized spacial score (nSPS) is 13.2. The van der Waals surface area contributed by atoms with Crippen molar-refractivity contribution in [3.8, 4) is 0 Å². The van der Waals surface area contributed by atoms with E-state index in [4.69, 9.17) is 4.74 Å². The molecule has 25 heavy (non-hydrogen) atoms. The first-order valence-electron chi connectivity index (χ1n) is 10.5. The molecule has 2 nitrogen and oxygen atoms in total. The first-order chi connectivity index (χ1) is 12.4. The van der Waals surface area contributed by atoms with Crippen LogP contribution in [0.1, 0.15) is 76.7 Å². The maximum atomic E-state index is 5.81. The van der Waals surface area contributed by atoms with Gasteiger partial charge in [0.25, 0.3) is 0 Å². The molecule has 1 aromatic carbocycles. The lowest BCUT2D eigenvalue weighted by Crippen LogP contribution is -2.27. The molecule has 2 heteroatoms. The fourth-order valence-corrected chi connectivity index (χ4v) is 3.48. The number of ether oxygens (including phenoxy) is 1. The Hall–Kier alpha value is -1.28. The average molecular weight is 344 g/mol. The summed E-state index contributed by atoms with van der Waals surface area (Å²) in [6, 6.07) is 8.69. The van der Waals surface area contributed by atoms with Crippen LogP contribution in [0.2, 0.25) is 0 Å². The number of para-hydroxylation sites is 1. The molecular weight excluding hydrogens is 306 g/mol. The van der Waals surface area contributed by atoms with Crippen molar-refractivity contribution >= 4 is 11.8 Å². The van der Waals surface area contributed by atoms with Crippen LogP contribution in [-0.2, 0) is 4.74 Å². The summed E-state index contributed by atoms with van der Waals surface area (Å²) in [6.45, 7) is 6.31. The van der Waals surface area contributed by atoms with Gasteiger partial charge in [0.1, 0.15) is 0 Å². The largest absolute Gasteiger partial charge is 0.381 e. The minimum absolute atomic E-state index is 0.918. The number of rotatable bonds is 14. The van der Waals surface area contributed by atoms with Crippen molar-refractivity contribution in [3.63, 3.8) is 0 Å². The van der Waals surface area contributed by atoms with Crippen LogP contribution in [0.25, 0.3) is 6.08 Å². The van der Waals surface area contributed by atoms with Crippen LogP contribution in [0.4, 0.5) is 5.69 Å². The molecule has 0 amide bonds. The van der Waals surface area contributed by atoms with Crippen LogP contribution in [-0.4, -0.2) is 26.3 Å². The van der Waals surface area contributed by atoms with E-state index in [1.807, 2.05) is 0 Å². The Kier molecular flexibility index (Phi) is 10.4. The highest BCUT2D eigenvalue weighted by atomic mass is 16.5. The molecule has 1 aliphatic rings. The van der Waals surface area contributed by atoms with Crippen LogP contribution < -0.4 is 4.90 Å². The van der Waals surface area contributed by atoms with Crippen LogP contribution in [0.15, 0.2) is 30.3 Å². The van der Waals surface area contributed by atoms with Crippen molar-refractivity contribution in [1.29, 1.82) is 0 Å². The van der Waals surface area contributed by atoms with Gasteiger partial charge < -0.3 is 9.64 Å². The Balaban J connectivity index is 1.41. The molecule has 0 saturated carbocycles. The smallest absolute Gasteiger partial charge is 0.0466 e. The molecule has 1 heterocycles. The van der Waals surface area contributed by atoms with Crippen LogP contribution in [0.5, 0.6) is 0 Å². The second-order valence-corrected chi connectivity index (χ2v) is 7.20. The van der Waals surface area contributed by atoms with Crippen LogP contribution in [0.3, 0.4) is 0 Å². The summed E-state index contributed by atoms with van der Waals surface area (Å²) >= 11 is 0. The predicted octanol–water partition coefficient (Wildman–Crippen LogP) is 6.46. The van der Waals surface area contributed by atoms with E-state index in [9.17, 15) is 0 Å². The van der Waals surface area contributed by atoms with Gasteiger partial charge in [0, 0.05) is 32.0 Å². The molecule has 0 aliphatic carbocycles. The van der Waals surface area contributed by atoms with E-state index in [2.05, 4.69) is 48.2 Å². The first-order valence-corrected chi connectivity index (χ1v) is 10.5. The second kappa shape index (κ2) is 13.0. The van der Waals surface area contributed by atoms with Crippen molar-refractivity contribution in [2.45, 2.75) is 71.1 Å². The fourth-order valence-electron chi connectivity index (χ4n) is 3.48. The standard InChI is InChI=1S/C23H37NO/c1-2-3-4-5-6-7-8-12-20-25-21-13-11-18-24-19-14-16-22-15-9-10-17-23(22)24/h9-10,14-17H,2-8,11-13,18-21H2,1H3. The molecular formula is C23H37NO. The molecule has 0 atom stereocenters. The van der Waals surface area contributed by atoms with Gasteiger partial charge in [-0.25, -0.2) is 0 Å². The van der Waals surface area contributed by atoms with E-state index in [1.54, 1.807) is 0 Å². The summed E-state index contributed by atoms with van der Waals surface area (Å²) in [4.78, 5) is 2.48. The first kappa shape index (κ1) is 20.0. The summed E-state index contributed by atoms with van der Waals surface area (Å²) in [5.74, 6) is 0. The number of benzene rings is 1. The lowest BCUT2D eigenvalue weighted by Gasteiger charge is -2.28. The Morgan fingerprint density at radius 1 is 0.840 bits per heavy atom. The van der Waals surface area contributed by atoms with Gasteiger partial charge in [-0.2, -0.15) is 0 Å². The molecule has 0 aromatic heterocycles.